The zero-order chi connectivity index (χ0) is 18.4. The van der Waals surface area contributed by atoms with Crippen LogP contribution in [-0.4, -0.2) is 16.2 Å². The van der Waals surface area contributed by atoms with Gasteiger partial charge >= 0.3 is 0 Å². The lowest BCUT2D eigenvalue weighted by Crippen LogP contribution is -2.10. The molecule has 3 rings (SSSR count). The quantitative estimate of drug-likeness (QED) is 0.513. The fraction of sp³-hybridized carbons (Fsp3) is 0.105. The van der Waals surface area contributed by atoms with Crippen molar-refractivity contribution in [1.82, 2.24) is 9.97 Å². The van der Waals surface area contributed by atoms with E-state index in [0.29, 0.717) is 23.1 Å². The van der Waals surface area contributed by atoms with E-state index in [1.54, 1.807) is 25.3 Å². The molecular formula is C19H17ClN4O2. The number of benzene rings is 2. The van der Waals surface area contributed by atoms with Gasteiger partial charge in [0.05, 0.1) is 11.2 Å². The molecule has 7 heteroatoms. The van der Waals surface area contributed by atoms with Gasteiger partial charge in [0.15, 0.2) is 0 Å². The molecule has 1 aromatic heterocycles. The van der Waals surface area contributed by atoms with Crippen LogP contribution in [0.15, 0.2) is 64.5 Å². The van der Waals surface area contributed by atoms with E-state index in [1.807, 2.05) is 36.4 Å². The lowest BCUT2D eigenvalue weighted by molar-refractivity contribution is 0.306. The number of nitrogens with one attached hydrogen (secondary N) is 2. The lowest BCUT2D eigenvalue weighted by atomic mass is 10.2. The largest absolute Gasteiger partial charge is 0.487 e. The van der Waals surface area contributed by atoms with Crippen LogP contribution in [0.4, 0.5) is 5.95 Å². The van der Waals surface area contributed by atoms with Gasteiger partial charge in [-0.05, 0) is 36.2 Å². The molecule has 0 aliphatic rings. The Morgan fingerprint density at radius 1 is 1.23 bits per heavy atom. The number of hydrogen-bond donors (Lipinski definition) is 2. The molecule has 0 aliphatic heterocycles. The summed E-state index contributed by atoms with van der Waals surface area (Å²) in [5.74, 6) is 0.880. The van der Waals surface area contributed by atoms with E-state index in [-0.39, 0.29) is 11.5 Å². The molecule has 0 saturated heterocycles. The summed E-state index contributed by atoms with van der Waals surface area (Å²) in [6.07, 6.45) is 1.58. The summed E-state index contributed by atoms with van der Waals surface area (Å²) in [4.78, 5) is 18.0. The minimum absolute atomic E-state index is 0.238. The van der Waals surface area contributed by atoms with Gasteiger partial charge in [-0.1, -0.05) is 41.9 Å². The molecule has 0 saturated carbocycles. The van der Waals surface area contributed by atoms with E-state index in [2.05, 4.69) is 20.5 Å². The van der Waals surface area contributed by atoms with Crippen molar-refractivity contribution in [2.75, 3.05) is 5.43 Å². The Morgan fingerprint density at radius 2 is 2.04 bits per heavy atom. The molecule has 26 heavy (non-hydrogen) atoms. The summed E-state index contributed by atoms with van der Waals surface area (Å²) in [6, 6.07) is 16.6. The monoisotopic (exact) mass is 368 g/mol. The Balaban J connectivity index is 1.62. The van der Waals surface area contributed by atoms with Crippen molar-refractivity contribution in [3.8, 4) is 5.75 Å². The number of aromatic nitrogens is 2. The molecule has 0 aliphatic carbocycles. The van der Waals surface area contributed by atoms with Gasteiger partial charge in [0.2, 0.25) is 5.95 Å². The highest BCUT2D eigenvalue weighted by atomic mass is 35.5. The van der Waals surface area contributed by atoms with Gasteiger partial charge in [0, 0.05) is 11.8 Å². The first-order valence-corrected chi connectivity index (χ1v) is 8.31. The fourth-order valence-corrected chi connectivity index (χ4v) is 2.49. The summed E-state index contributed by atoms with van der Waals surface area (Å²) in [6.45, 7) is 2.18. The first kappa shape index (κ1) is 17.7. The molecule has 2 N–H and O–H groups in total. The zero-order valence-electron chi connectivity index (χ0n) is 14.1. The molecule has 2 aromatic carbocycles. The van der Waals surface area contributed by atoms with Crippen molar-refractivity contribution in [2.24, 2.45) is 5.10 Å². The van der Waals surface area contributed by atoms with Crippen LogP contribution in [0.3, 0.4) is 0 Å². The number of halogens is 1. The Morgan fingerprint density at radius 3 is 2.77 bits per heavy atom. The van der Waals surface area contributed by atoms with Gasteiger partial charge in [0.25, 0.3) is 5.56 Å². The van der Waals surface area contributed by atoms with Crippen LogP contribution in [0.25, 0.3) is 0 Å². The number of aromatic amines is 1. The SMILES string of the molecule is Cc1cc(=O)[nH]c(N/N=C\c2ccc(OCc3ccccc3)c(Cl)c2)n1. The van der Waals surface area contributed by atoms with E-state index >= 15 is 0 Å². The predicted octanol–water partition coefficient (Wildman–Crippen LogP) is 3.76. The molecule has 0 atom stereocenters. The van der Waals surface area contributed by atoms with E-state index in [1.165, 1.54) is 6.07 Å². The van der Waals surface area contributed by atoms with E-state index < -0.39 is 0 Å². The van der Waals surface area contributed by atoms with E-state index in [0.717, 1.165) is 11.1 Å². The molecule has 0 fully saturated rings. The Bertz CT molecular complexity index is 971. The van der Waals surface area contributed by atoms with Crippen LogP contribution in [0.1, 0.15) is 16.8 Å². The number of H-pyrrole nitrogens is 1. The smallest absolute Gasteiger partial charge is 0.252 e. The number of hydrazone groups is 1. The second kappa shape index (κ2) is 8.31. The zero-order valence-corrected chi connectivity index (χ0v) is 14.8. The third-order valence-electron chi connectivity index (χ3n) is 3.45. The van der Waals surface area contributed by atoms with Crippen molar-refractivity contribution in [3.05, 3.63) is 86.8 Å². The van der Waals surface area contributed by atoms with E-state index in [9.17, 15) is 4.79 Å². The number of ether oxygens (including phenoxy) is 1. The number of nitrogens with zero attached hydrogens (tertiary/aromatic N) is 2. The summed E-state index contributed by atoms with van der Waals surface area (Å²) in [5, 5.41) is 4.54. The predicted molar refractivity (Wildman–Crippen MR) is 103 cm³/mol. The van der Waals surface area contributed by atoms with Crippen molar-refractivity contribution in [2.45, 2.75) is 13.5 Å². The Labute approximate surface area is 155 Å². The van der Waals surface area contributed by atoms with Gasteiger partial charge in [-0.25, -0.2) is 10.4 Å². The second-order valence-corrected chi connectivity index (χ2v) is 5.98. The summed E-state index contributed by atoms with van der Waals surface area (Å²) < 4.78 is 5.74. The number of aryl methyl sites for hydroxylation is 1. The molecule has 6 nitrogen and oxygen atoms in total. The van der Waals surface area contributed by atoms with Crippen LogP contribution in [0.5, 0.6) is 5.75 Å². The topological polar surface area (TPSA) is 79.4 Å². The fourth-order valence-electron chi connectivity index (χ4n) is 2.25. The molecular weight excluding hydrogens is 352 g/mol. The normalized spacial score (nSPS) is 10.8. The standard InChI is InChI=1S/C19H17ClN4O2/c1-13-9-18(25)23-19(22-13)24-21-11-15-7-8-17(16(20)10-15)26-12-14-5-3-2-4-6-14/h2-11H,12H2,1H3,(H2,22,23,24,25)/b21-11-. The first-order chi connectivity index (χ1) is 12.6. The Kier molecular flexibility index (Phi) is 5.66. The first-order valence-electron chi connectivity index (χ1n) is 7.93. The summed E-state index contributed by atoms with van der Waals surface area (Å²) >= 11 is 6.27. The van der Waals surface area contributed by atoms with Gasteiger partial charge in [-0.2, -0.15) is 5.10 Å². The van der Waals surface area contributed by atoms with Crippen molar-refractivity contribution < 1.29 is 4.74 Å². The third kappa shape index (κ3) is 4.94. The highest BCUT2D eigenvalue weighted by molar-refractivity contribution is 6.32. The minimum Gasteiger partial charge on any atom is -0.487 e. The Hall–Kier alpha value is -3.12. The molecule has 3 aromatic rings. The maximum atomic E-state index is 11.4. The van der Waals surface area contributed by atoms with Crippen molar-refractivity contribution >= 4 is 23.8 Å². The minimum atomic E-state index is -0.238. The molecule has 0 amide bonds. The molecule has 132 valence electrons. The van der Waals surface area contributed by atoms with Crippen LogP contribution in [-0.2, 0) is 6.61 Å². The van der Waals surface area contributed by atoms with Crippen LogP contribution < -0.4 is 15.7 Å². The molecule has 0 unspecified atom stereocenters. The molecule has 0 spiro atoms. The number of rotatable bonds is 6. The third-order valence-corrected chi connectivity index (χ3v) is 3.74. The summed E-state index contributed by atoms with van der Waals surface area (Å²) in [7, 11) is 0. The number of anilines is 1. The van der Waals surface area contributed by atoms with Crippen LogP contribution in [0, 0.1) is 6.92 Å². The average molecular weight is 369 g/mol. The highest BCUT2D eigenvalue weighted by Crippen LogP contribution is 2.25. The molecule has 1 heterocycles. The van der Waals surface area contributed by atoms with Gasteiger partial charge in [-0.3, -0.25) is 9.78 Å². The average Bonchev–Trinajstić information content (AvgIpc) is 2.61. The van der Waals surface area contributed by atoms with E-state index in [4.69, 9.17) is 16.3 Å². The maximum Gasteiger partial charge on any atom is 0.252 e. The van der Waals surface area contributed by atoms with Gasteiger partial charge < -0.3 is 4.74 Å². The maximum absolute atomic E-state index is 11.4. The second-order valence-electron chi connectivity index (χ2n) is 5.57. The van der Waals surface area contributed by atoms with Crippen LogP contribution >= 0.6 is 11.6 Å². The molecule has 0 bridgehead atoms. The number of hydrogen-bond acceptors (Lipinski definition) is 5. The van der Waals surface area contributed by atoms with Crippen LogP contribution in [0.2, 0.25) is 5.02 Å². The highest BCUT2D eigenvalue weighted by Gasteiger charge is 2.03. The van der Waals surface area contributed by atoms with Gasteiger partial charge in [-0.15, -0.1) is 0 Å². The molecule has 0 radical (unpaired) electrons. The lowest BCUT2D eigenvalue weighted by Gasteiger charge is -2.08. The summed E-state index contributed by atoms with van der Waals surface area (Å²) in [5.41, 5.74) is 4.90. The van der Waals surface area contributed by atoms with Gasteiger partial charge in [0.1, 0.15) is 12.4 Å². The van der Waals surface area contributed by atoms with Crippen molar-refractivity contribution in [1.29, 1.82) is 0 Å². The van der Waals surface area contributed by atoms with Crippen molar-refractivity contribution in [3.63, 3.8) is 0 Å².